The molecular formula is C29H40Cl2O3Ti-2. The summed E-state index contributed by atoms with van der Waals surface area (Å²) in [6.45, 7) is 21.0. The van der Waals surface area contributed by atoms with Crippen LogP contribution in [-0.2, 0) is 30.8 Å². The van der Waals surface area contributed by atoms with Crippen molar-refractivity contribution in [1.82, 2.24) is 0 Å². The maximum absolute atomic E-state index is 9.59. The van der Waals surface area contributed by atoms with Crippen LogP contribution < -0.4 is 24.8 Å². The van der Waals surface area contributed by atoms with Gasteiger partial charge in [-0.05, 0) is 84.0 Å². The summed E-state index contributed by atoms with van der Waals surface area (Å²) in [6.07, 6.45) is 1.66. The molecule has 2 aromatic carbocycles. The predicted molar refractivity (Wildman–Crippen MR) is 136 cm³/mol. The molecule has 3 nitrogen and oxygen atoms in total. The molecule has 6 heteroatoms. The number of phenolic OH excluding ortho intramolecular Hbond substituents is 2. The Kier molecular flexibility index (Phi) is 15.2. The van der Waals surface area contributed by atoms with Crippen molar-refractivity contribution in [3.63, 3.8) is 0 Å². The molecule has 0 aliphatic rings. The summed E-state index contributed by atoms with van der Waals surface area (Å²) in [5.41, 5.74) is 7.05. The van der Waals surface area contributed by atoms with Gasteiger partial charge in [-0.3, -0.25) is 0 Å². The van der Waals surface area contributed by atoms with Crippen molar-refractivity contribution in [3.8, 4) is 11.5 Å². The molecule has 0 bridgehead atoms. The third kappa shape index (κ3) is 11.4. The van der Waals surface area contributed by atoms with E-state index in [2.05, 4.69) is 55.4 Å². The molecule has 0 saturated heterocycles. The van der Waals surface area contributed by atoms with E-state index in [-0.39, 0.29) is 35.6 Å². The number of rotatable bonds is 1. The van der Waals surface area contributed by atoms with Crippen LogP contribution in [-0.4, -0.2) is 14.5 Å². The Hall–Kier alpha value is -1.52. The second kappa shape index (κ2) is 14.9. The van der Waals surface area contributed by atoms with Crippen molar-refractivity contribution in [1.29, 1.82) is 0 Å². The van der Waals surface area contributed by atoms with Crippen molar-refractivity contribution in [2.45, 2.75) is 80.1 Å². The van der Waals surface area contributed by atoms with E-state index in [0.717, 1.165) is 16.9 Å². The van der Waals surface area contributed by atoms with Crippen molar-refractivity contribution in [3.05, 3.63) is 81.8 Å². The molecule has 0 fully saturated rings. The maximum atomic E-state index is 9.59. The van der Waals surface area contributed by atoms with Gasteiger partial charge in [0.25, 0.3) is 0 Å². The Bertz CT molecular complexity index is 994. The SMILES string of the molecule is Cc1cc(C)c(C(C)(C)C)cc1O.Cc1cc(C)c(C(C)(C)C)cc1O.[Cl-].[Cl-].[Ti]=[CH]c1ccco1. The summed E-state index contributed by atoms with van der Waals surface area (Å²) in [7, 11) is 0. The second-order valence-corrected chi connectivity index (χ2v) is 11.0. The zero-order valence-corrected chi connectivity index (χ0v) is 25.8. The van der Waals surface area contributed by atoms with Crippen LogP contribution in [0.4, 0.5) is 0 Å². The van der Waals surface area contributed by atoms with E-state index in [0.29, 0.717) is 11.5 Å². The van der Waals surface area contributed by atoms with E-state index in [1.165, 1.54) is 22.3 Å². The van der Waals surface area contributed by atoms with E-state index >= 15 is 0 Å². The van der Waals surface area contributed by atoms with E-state index < -0.39 is 0 Å². The van der Waals surface area contributed by atoms with Gasteiger partial charge in [0.15, 0.2) is 0 Å². The number of aromatic hydroxyl groups is 2. The first-order valence-electron chi connectivity index (χ1n) is 11.2. The Morgan fingerprint density at radius 2 is 1.06 bits per heavy atom. The molecule has 35 heavy (non-hydrogen) atoms. The van der Waals surface area contributed by atoms with Gasteiger partial charge in [0.05, 0.1) is 0 Å². The van der Waals surface area contributed by atoms with Gasteiger partial charge in [-0.2, -0.15) is 0 Å². The fraction of sp³-hybridized carbons (Fsp3) is 0.414. The topological polar surface area (TPSA) is 53.6 Å². The zero-order chi connectivity index (χ0) is 25.6. The number of benzene rings is 2. The summed E-state index contributed by atoms with van der Waals surface area (Å²) in [5.74, 6) is 1.73. The van der Waals surface area contributed by atoms with Crippen molar-refractivity contribution in [2.24, 2.45) is 0 Å². The molecule has 3 rings (SSSR count). The minimum absolute atomic E-state index is 0. The van der Waals surface area contributed by atoms with Crippen LogP contribution in [0.2, 0.25) is 0 Å². The van der Waals surface area contributed by atoms with Gasteiger partial charge in [-0.15, -0.1) is 0 Å². The van der Waals surface area contributed by atoms with Gasteiger partial charge >= 0.3 is 52.9 Å². The van der Waals surface area contributed by atoms with Crippen molar-refractivity contribution in [2.75, 3.05) is 0 Å². The van der Waals surface area contributed by atoms with Gasteiger partial charge in [0.2, 0.25) is 0 Å². The standard InChI is InChI=1S/2C12H18O.C5H4O.2ClH.Ti/c2*1-8-6-9(2)11(13)7-10(8)12(3,4)5;1-5-3-2-4-6-5;;;/h2*6-7,13H,1-5H3;1-4H;2*1H;/p-2. The Balaban J connectivity index is 0. The molecular weight excluding hydrogens is 515 g/mol. The molecule has 1 heterocycles. The fourth-order valence-electron chi connectivity index (χ4n) is 3.67. The first-order chi connectivity index (χ1) is 15.1. The summed E-state index contributed by atoms with van der Waals surface area (Å²) in [5, 5.41) is 19.2. The normalized spacial score (nSPS) is 10.4. The number of aryl methyl sites for hydroxylation is 4. The molecule has 0 saturated carbocycles. The van der Waals surface area contributed by atoms with E-state index in [4.69, 9.17) is 4.42 Å². The number of hydrogen-bond donors (Lipinski definition) is 2. The molecule has 0 aliphatic heterocycles. The summed E-state index contributed by atoms with van der Waals surface area (Å²) in [6, 6.07) is 11.6. The summed E-state index contributed by atoms with van der Waals surface area (Å²) >= 11 is 1.94. The summed E-state index contributed by atoms with van der Waals surface area (Å²) < 4.78 is 6.84. The van der Waals surface area contributed by atoms with Crippen LogP contribution in [0.25, 0.3) is 0 Å². The van der Waals surface area contributed by atoms with Gasteiger partial charge in [-0.25, -0.2) is 0 Å². The molecule has 0 spiro atoms. The van der Waals surface area contributed by atoms with Gasteiger partial charge in [-0.1, -0.05) is 53.7 Å². The average Bonchev–Trinajstić information content (AvgIpc) is 3.21. The monoisotopic (exact) mass is 554 g/mol. The van der Waals surface area contributed by atoms with Crippen LogP contribution in [0, 0.1) is 27.7 Å². The van der Waals surface area contributed by atoms with Gasteiger partial charge in [0.1, 0.15) is 11.5 Å². The molecule has 194 valence electrons. The Labute approximate surface area is 236 Å². The second-order valence-electron chi connectivity index (χ2n) is 10.6. The van der Waals surface area contributed by atoms with E-state index in [9.17, 15) is 10.2 Å². The molecule has 2 N–H and O–H groups in total. The number of halogens is 2. The average molecular weight is 555 g/mol. The number of phenols is 2. The van der Waals surface area contributed by atoms with Crippen molar-refractivity contribution < 1.29 is 59.4 Å². The molecule has 1 aromatic heterocycles. The van der Waals surface area contributed by atoms with Crippen LogP contribution in [0.15, 0.2) is 47.1 Å². The quantitative estimate of drug-likeness (QED) is 0.449. The van der Waals surface area contributed by atoms with Gasteiger partial charge in [0, 0.05) is 0 Å². The van der Waals surface area contributed by atoms with Crippen LogP contribution in [0.3, 0.4) is 0 Å². The summed E-state index contributed by atoms with van der Waals surface area (Å²) in [4.78, 5) is 0. The Morgan fingerprint density at radius 3 is 1.29 bits per heavy atom. The minimum atomic E-state index is 0. The zero-order valence-electron chi connectivity index (χ0n) is 22.7. The van der Waals surface area contributed by atoms with E-state index in [1.54, 1.807) is 6.26 Å². The molecule has 0 radical (unpaired) electrons. The van der Waals surface area contributed by atoms with Gasteiger partial charge < -0.3 is 35.0 Å². The number of furan rings is 1. The molecule has 0 amide bonds. The van der Waals surface area contributed by atoms with Crippen LogP contribution >= 0.6 is 0 Å². The Morgan fingerprint density at radius 1 is 0.686 bits per heavy atom. The third-order valence-electron chi connectivity index (χ3n) is 5.39. The molecule has 0 aliphatic carbocycles. The van der Waals surface area contributed by atoms with Crippen molar-refractivity contribution >= 4 is 4.31 Å². The predicted octanol–water partition coefficient (Wildman–Crippen LogP) is 1.60. The first kappa shape index (κ1) is 35.6. The molecule has 0 unspecified atom stereocenters. The van der Waals surface area contributed by atoms with E-state index in [1.807, 2.05) is 74.5 Å². The fourth-order valence-corrected chi connectivity index (χ4v) is 3.93. The first-order valence-corrected chi connectivity index (χ1v) is 12.1. The molecule has 0 atom stereocenters. The van der Waals surface area contributed by atoms with Crippen LogP contribution in [0.1, 0.15) is 80.7 Å². The molecule has 3 aromatic rings. The van der Waals surface area contributed by atoms with Crippen LogP contribution in [0.5, 0.6) is 11.5 Å². The third-order valence-corrected chi connectivity index (χ3v) is 5.83. The number of hydrogen-bond acceptors (Lipinski definition) is 3.